The lowest BCUT2D eigenvalue weighted by atomic mass is 9.78. The predicted octanol–water partition coefficient (Wildman–Crippen LogP) is 1.77. The molecule has 5 heteroatoms. The van der Waals surface area contributed by atoms with Gasteiger partial charge >= 0.3 is 0 Å². The Bertz CT molecular complexity index is 384. The highest BCUT2D eigenvalue weighted by atomic mass is 16.2. The van der Waals surface area contributed by atoms with Gasteiger partial charge < -0.3 is 10.6 Å². The third kappa shape index (κ3) is 5.59. The maximum absolute atomic E-state index is 12.4. The molecule has 0 aliphatic heterocycles. The molecule has 4 atom stereocenters. The van der Waals surface area contributed by atoms with Crippen molar-refractivity contribution in [3.63, 3.8) is 0 Å². The van der Waals surface area contributed by atoms with Gasteiger partial charge in [0.25, 0.3) is 0 Å². The first-order valence-electron chi connectivity index (χ1n) is 8.52. The van der Waals surface area contributed by atoms with E-state index in [4.69, 9.17) is 0 Å². The topological polar surface area (TPSA) is 61.4 Å². The van der Waals surface area contributed by atoms with Gasteiger partial charge in [-0.25, -0.2) is 0 Å². The predicted molar refractivity (Wildman–Crippen MR) is 89.5 cm³/mol. The summed E-state index contributed by atoms with van der Waals surface area (Å²) in [7, 11) is 1.82. The number of carbonyl (C=O) groups is 2. The molecule has 0 bridgehead atoms. The maximum atomic E-state index is 12.4. The minimum absolute atomic E-state index is 0.0193. The minimum atomic E-state index is -0.303. The summed E-state index contributed by atoms with van der Waals surface area (Å²) in [5, 5.41) is 6.03. The summed E-state index contributed by atoms with van der Waals surface area (Å²) < 4.78 is 0. The number of rotatable bonds is 6. The Labute approximate surface area is 135 Å². The lowest BCUT2D eigenvalue weighted by Gasteiger charge is -2.36. The molecule has 2 amide bonds. The van der Waals surface area contributed by atoms with Gasteiger partial charge in [0.1, 0.15) is 0 Å². The van der Waals surface area contributed by atoms with Crippen LogP contribution < -0.4 is 10.6 Å². The van der Waals surface area contributed by atoms with E-state index in [1.807, 2.05) is 27.8 Å². The molecule has 1 fully saturated rings. The molecule has 0 aromatic rings. The monoisotopic (exact) mass is 311 g/mol. The Morgan fingerprint density at radius 3 is 2.41 bits per heavy atom. The number of hydrogen-bond donors (Lipinski definition) is 2. The number of likely N-dealkylation sites (N-methyl/N-ethyl adjacent to an activating group) is 1. The zero-order chi connectivity index (χ0) is 16.9. The number of nitrogens with one attached hydrogen (secondary N) is 2. The molecule has 1 aliphatic carbocycles. The second kappa shape index (κ2) is 8.51. The van der Waals surface area contributed by atoms with Crippen LogP contribution >= 0.6 is 0 Å². The lowest BCUT2D eigenvalue weighted by Crippen LogP contribution is -2.52. The zero-order valence-corrected chi connectivity index (χ0v) is 15.0. The summed E-state index contributed by atoms with van der Waals surface area (Å²) in [6, 6.07) is 0.0774. The molecule has 0 heterocycles. The third-order valence-electron chi connectivity index (χ3n) is 4.92. The Hall–Kier alpha value is -1.10. The van der Waals surface area contributed by atoms with Crippen molar-refractivity contribution < 1.29 is 9.59 Å². The molecule has 128 valence electrons. The molecular formula is C17H33N3O2. The first-order chi connectivity index (χ1) is 10.2. The summed E-state index contributed by atoms with van der Waals surface area (Å²) in [4.78, 5) is 26.0. The van der Waals surface area contributed by atoms with E-state index in [0.29, 0.717) is 11.8 Å². The number of nitrogens with zero attached hydrogens (tertiary/aromatic N) is 1. The molecule has 1 saturated carbocycles. The van der Waals surface area contributed by atoms with Gasteiger partial charge in [-0.05, 0) is 46.1 Å². The average Bonchev–Trinajstić information content (AvgIpc) is 2.41. The second-order valence-electron chi connectivity index (χ2n) is 7.20. The first kappa shape index (κ1) is 18.9. The van der Waals surface area contributed by atoms with Gasteiger partial charge in [0.05, 0.1) is 12.6 Å². The Morgan fingerprint density at radius 1 is 1.18 bits per heavy atom. The van der Waals surface area contributed by atoms with Crippen LogP contribution in [0, 0.1) is 11.8 Å². The van der Waals surface area contributed by atoms with E-state index in [1.54, 1.807) is 4.90 Å². The van der Waals surface area contributed by atoms with Crippen molar-refractivity contribution >= 4 is 11.8 Å². The molecule has 0 spiro atoms. The quantitative estimate of drug-likeness (QED) is 0.786. The summed E-state index contributed by atoms with van der Waals surface area (Å²) in [5.74, 6) is 1.14. The Kier molecular flexibility index (Phi) is 7.33. The molecule has 5 nitrogen and oxygen atoms in total. The van der Waals surface area contributed by atoms with Gasteiger partial charge in [0, 0.05) is 12.1 Å². The Balaban J connectivity index is 2.48. The molecule has 2 N–H and O–H groups in total. The van der Waals surface area contributed by atoms with E-state index in [0.717, 1.165) is 6.42 Å². The number of carbonyl (C=O) groups excluding carboxylic acids is 2. The van der Waals surface area contributed by atoms with Gasteiger partial charge in [-0.3, -0.25) is 14.5 Å². The second-order valence-corrected chi connectivity index (χ2v) is 7.20. The van der Waals surface area contributed by atoms with E-state index in [-0.39, 0.29) is 36.5 Å². The fraction of sp³-hybridized carbons (Fsp3) is 0.882. The molecule has 0 saturated heterocycles. The first-order valence-corrected chi connectivity index (χ1v) is 8.52. The molecule has 0 unspecified atom stereocenters. The van der Waals surface area contributed by atoms with Crippen LogP contribution in [0.4, 0.5) is 0 Å². The van der Waals surface area contributed by atoms with Crippen molar-refractivity contribution in [1.82, 2.24) is 15.5 Å². The highest BCUT2D eigenvalue weighted by molar-refractivity contribution is 5.83. The van der Waals surface area contributed by atoms with Crippen LogP contribution in [0.15, 0.2) is 0 Å². The third-order valence-corrected chi connectivity index (χ3v) is 4.92. The largest absolute Gasteiger partial charge is 0.353 e. The fourth-order valence-electron chi connectivity index (χ4n) is 3.02. The molecule has 22 heavy (non-hydrogen) atoms. The maximum Gasteiger partial charge on any atom is 0.237 e. The van der Waals surface area contributed by atoms with E-state index in [1.165, 1.54) is 12.8 Å². The van der Waals surface area contributed by atoms with Gasteiger partial charge in [0.2, 0.25) is 11.8 Å². The van der Waals surface area contributed by atoms with Crippen LogP contribution in [-0.2, 0) is 9.59 Å². The van der Waals surface area contributed by atoms with Gasteiger partial charge in [0.15, 0.2) is 0 Å². The van der Waals surface area contributed by atoms with Crippen molar-refractivity contribution in [2.24, 2.45) is 11.8 Å². The molecule has 0 aromatic heterocycles. The fourth-order valence-corrected chi connectivity index (χ4v) is 3.02. The summed E-state index contributed by atoms with van der Waals surface area (Å²) in [6.45, 7) is 10.4. The van der Waals surface area contributed by atoms with Crippen LogP contribution in [-0.4, -0.2) is 48.4 Å². The lowest BCUT2D eigenvalue weighted by molar-refractivity contribution is -0.128. The van der Waals surface area contributed by atoms with E-state index >= 15 is 0 Å². The molecule has 0 radical (unpaired) electrons. The van der Waals surface area contributed by atoms with Crippen molar-refractivity contribution in [2.45, 2.75) is 72.0 Å². The minimum Gasteiger partial charge on any atom is -0.353 e. The number of hydrogen-bond acceptors (Lipinski definition) is 3. The summed E-state index contributed by atoms with van der Waals surface area (Å²) in [5.41, 5.74) is 0. The molecular weight excluding hydrogens is 278 g/mol. The summed E-state index contributed by atoms with van der Waals surface area (Å²) >= 11 is 0. The van der Waals surface area contributed by atoms with Crippen LogP contribution in [0.1, 0.15) is 53.9 Å². The number of amides is 2. The average molecular weight is 311 g/mol. The van der Waals surface area contributed by atoms with E-state index in [2.05, 4.69) is 24.5 Å². The standard InChI is InChI=1S/C17H33N3O2/c1-11(2)18-16(21)10-20(6)14(5)17(22)19-15-9-7-8-12(3)13(15)4/h11-15H,7-10H2,1-6H3,(H,18,21)(H,19,22)/t12-,13-,14-,15-/m1/s1. The van der Waals surface area contributed by atoms with Gasteiger partial charge in [-0.2, -0.15) is 0 Å². The van der Waals surface area contributed by atoms with Crippen molar-refractivity contribution in [2.75, 3.05) is 13.6 Å². The highest BCUT2D eigenvalue weighted by Crippen LogP contribution is 2.29. The van der Waals surface area contributed by atoms with Crippen molar-refractivity contribution in [3.05, 3.63) is 0 Å². The van der Waals surface area contributed by atoms with Crippen molar-refractivity contribution in [1.29, 1.82) is 0 Å². The molecule has 1 rings (SSSR count). The van der Waals surface area contributed by atoms with Gasteiger partial charge in [-0.15, -0.1) is 0 Å². The van der Waals surface area contributed by atoms with Crippen LogP contribution in [0.5, 0.6) is 0 Å². The summed E-state index contributed by atoms with van der Waals surface area (Å²) in [6.07, 6.45) is 3.48. The zero-order valence-electron chi connectivity index (χ0n) is 15.0. The van der Waals surface area contributed by atoms with Crippen LogP contribution in [0.25, 0.3) is 0 Å². The van der Waals surface area contributed by atoms with Gasteiger partial charge in [-0.1, -0.05) is 26.7 Å². The smallest absolute Gasteiger partial charge is 0.237 e. The van der Waals surface area contributed by atoms with E-state index < -0.39 is 0 Å². The molecule has 0 aromatic carbocycles. The van der Waals surface area contributed by atoms with E-state index in [9.17, 15) is 9.59 Å². The van der Waals surface area contributed by atoms with Crippen LogP contribution in [0.2, 0.25) is 0 Å². The molecule has 1 aliphatic rings. The normalized spacial score (nSPS) is 26.8. The van der Waals surface area contributed by atoms with Crippen LogP contribution in [0.3, 0.4) is 0 Å². The van der Waals surface area contributed by atoms with Crippen molar-refractivity contribution in [3.8, 4) is 0 Å². The SMILES string of the molecule is CC(C)NC(=O)CN(C)[C@H](C)C(=O)N[C@@H]1CCC[C@@H](C)[C@H]1C. The highest BCUT2D eigenvalue weighted by Gasteiger charge is 2.30. The Morgan fingerprint density at radius 2 is 1.82 bits per heavy atom.